The van der Waals surface area contributed by atoms with E-state index in [1.165, 1.54) is 0 Å². The molecule has 1 aromatic rings. The molecule has 0 amide bonds. The van der Waals surface area contributed by atoms with E-state index in [2.05, 4.69) is 5.16 Å². The molecular formula is C14H20N2O4. The number of hydrogen-bond donors (Lipinski definition) is 2. The van der Waals surface area contributed by atoms with Gasteiger partial charge in [0.15, 0.2) is 5.84 Å². The number of hydrogen-bond acceptors (Lipinski definition) is 5. The van der Waals surface area contributed by atoms with Crippen LogP contribution < -0.4 is 10.5 Å². The maximum Gasteiger partial charge on any atom is 0.170 e. The zero-order valence-corrected chi connectivity index (χ0v) is 11.5. The highest BCUT2D eigenvalue weighted by Crippen LogP contribution is 2.21. The van der Waals surface area contributed by atoms with Gasteiger partial charge in [0, 0.05) is 17.7 Å². The second-order valence-corrected chi connectivity index (χ2v) is 4.66. The Hall–Kier alpha value is -1.79. The number of oxime groups is 1. The van der Waals surface area contributed by atoms with E-state index in [1.807, 2.05) is 0 Å². The summed E-state index contributed by atoms with van der Waals surface area (Å²) >= 11 is 0. The summed E-state index contributed by atoms with van der Waals surface area (Å²) in [5.41, 5.74) is 7.07. The Morgan fingerprint density at radius 3 is 3.05 bits per heavy atom. The lowest BCUT2D eigenvalue weighted by Gasteiger charge is -2.13. The summed E-state index contributed by atoms with van der Waals surface area (Å²) in [4.78, 5) is 0. The van der Waals surface area contributed by atoms with E-state index in [0.717, 1.165) is 25.0 Å². The largest absolute Gasteiger partial charge is 0.496 e. The topological polar surface area (TPSA) is 86.3 Å². The first kappa shape index (κ1) is 14.6. The molecule has 20 heavy (non-hydrogen) atoms. The Bertz CT molecular complexity index is 470. The van der Waals surface area contributed by atoms with Crippen molar-refractivity contribution < 1.29 is 19.4 Å². The molecule has 1 heterocycles. The van der Waals surface area contributed by atoms with Crippen LogP contribution in [-0.2, 0) is 16.1 Å². The fourth-order valence-corrected chi connectivity index (χ4v) is 2.18. The molecule has 110 valence electrons. The summed E-state index contributed by atoms with van der Waals surface area (Å²) in [7, 11) is 1.60. The molecule has 0 aromatic heterocycles. The van der Waals surface area contributed by atoms with Crippen molar-refractivity contribution in [2.75, 3.05) is 20.3 Å². The van der Waals surface area contributed by atoms with E-state index >= 15 is 0 Å². The number of benzene rings is 1. The van der Waals surface area contributed by atoms with Crippen molar-refractivity contribution in [2.45, 2.75) is 25.6 Å². The van der Waals surface area contributed by atoms with Crippen LogP contribution in [0.15, 0.2) is 23.4 Å². The molecule has 1 aliphatic heterocycles. The zero-order chi connectivity index (χ0) is 14.4. The van der Waals surface area contributed by atoms with Gasteiger partial charge in [-0.3, -0.25) is 0 Å². The van der Waals surface area contributed by atoms with Gasteiger partial charge in [0.2, 0.25) is 0 Å². The third kappa shape index (κ3) is 3.61. The van der Waals surface area contributed by atoms with E-state index < -0.39 is 0 Å². The van der Waals surface area contributed by atoms with E-state index in [9.17, 15) is 0 Å². The lowest BCUT2D eigenvalue weighted by molar-refractivity contribution is 0.0101. The number of ether oxygens (including phenoxy) is 3. The van der Waals surface area contributed by atoms with Gasteiger partial charge in [-0.1, -0.05) is 5.16 Å². The normalized spacial score (nSPS) is 19.2. The molecule has 0 saturated carbocycles. The van der Waals surface area contributed by atoms with E-state index in [4.69, 9.17) is 25.2 Å². The van der Waals surface area contributed by atoms with E-state index in [-0.39, 0.29) is 11.9 Å². The van der Waals surface area contributed by atoms with E-state index in [1.54, 1.807) is 25.3 Å². The van der Waals surface area contributed by atoms with Gasteiger partial charge in [-0.15, -0.1) is 0 Å². The minimum Gasteiger partial charge on any atom is -0.496 e. The average molecular weight is 280 g/mol. The van der Waals surface area contributed by atoms with Gasteiger partial charge in [-0.25, -0.2) is 0 Å². The smallest absolute Gasteiger partial charge is 0.170 e. The third-order valence-corrected chi connectivity index (χ3v) is 3.27. The molecule has 6 heteroatoms. The maximum absolute atomic E-state index is 8.71. The molecule has 0 spiro atoms. The Labute approximate surface area is 118 Å². The summed E-state index contributed by atoms with van der Waals surface area (Å²) in [5.74, 6) is 0.778. The van der Waals surface area contributed by atoms with Crippen molar-refractivity contribution >= 4 is 5.84 Å². The van der Waals surface area contributed by atoms with Crippen molar-refractivity contribution in [1.29, 1.82) is 0 Å². The average Bonchev–Trinajstić information content (AvgIpc) is 2.99. The summed E-state index contributed by atoms with van der Waals surface area (Å²) in [6.07, 6.45) is 2.32. The van der Waals surface area contributed by atoms with Gasteiger partial charge < -0.3 is 25.2 Å². The summed E-state index contributed by atoms with van der Waals surface area (Å²) < 4.78 is 16.4. The highest BCUT2D eigenvalue weighted by molar-refractivity contribution is 5.97. The standard InChI is InChI=1S/C14H20N2O4/c1-18-13-5-4-10(14(15)16-17)7-11(13)8-19-9-12-3-2-6-20-12/h4-5,7,12,17H,2-3,6,8-9H2,1H3,(H2,15,16). The minimum absolute atomic E-state index is 0.0630. The van der Waals surface area contributed by atoms with Crippen LogP contribution in [-0.4, -0.2) is 37.5 Å². The van der Waals surface area contributed by atoms with Gasteiger partial charge in [-0.05, 0) is 31.0 Å². The molecule has 0 bridgehead atoms. The fraction of sp³-hybridized carbons (Fsp3) is 0.500. The van der Waals surface area contributed by atoms with Crippen molar-refractivity contribution in [3.63, 3.8) is 0 Å². The highest BCUT2D eigenvalue weighted by atomic mass is 16.5. The van der Waals surface area contributed by atoms with Gasteiger partial charge in [0.05, 0.1) is 26.4 Å². The van der Waals surface area contributed by atoms with Gasteiger partial charge >= 0.3 is 0 Å². The van der Waals surface area contributed by atoms with Crippen molar-refractivity contribution in [2.24, 2.45) is 10.9 Å². The molecule has 2 rings (SSSR count). The molecule has 1 saturated heterocycles. The molecular weight excluding hydrogens is 260 g/mol. The van der Waals surface area contributed by atoms with Crippen LogP contribution in [0.1, 0.15) is 24.0 Å². The van der Waals surface area contributed by atoms with Crippen LogP contribution in [0.25, 0.3) is 0 Å². The molecule has 1 aromatic carbocycles. The fourth-order valence-electron chi connectivity index (χ4n) is 2.18. The predicted molar refractivity (Wildman–Crippen MR) is 74.1 cm³/mol. The first-order valence-corrected chi connectivity index (χ1v) is 6.58. The molecule has 1 unspecified atom stereocenters. The molecule has 6 nitrogen and oxygen atoms in total. The molecule has 0 radical (unpaired) electrons. The van der Waals surface area contributed by atoms with E-state index in [0.29, 0.717) is 24.5 Å². The predicted octanol–water partition coefficient (Wildman–Crippen LogP) is 1.49. The van der Waals surface area contributed by atoms with Gasteiger partial charge in [0.25, 0.3) is 0 Å². The molecule has 0 aliphatic carbocycles. The Morgan fingerprint density at radius 1 is 1.55 bits per heavy atom. The Balaban J connectivity index is 2.00. The number of amidine groups is 1. The second-order valence-electron chi connectivity index (χ2n) is 4.66. The van der Waals surface area contributed by atoms with Crippen LogP contribution >= 0.6 is 0 Å². The van der Waals surface area contributed by atoms with Crippen molar-refractivity contribution in [3.8, 4) is 5.75 Å². The number of rotatable bonds is 6. The SMILES string of the molecule is COc1ccc(/C(N)=N/O)cc1COCC1CCCO1. The first-order chi connectivity index (χ1) is 9.74. The van der Waals surface area contributed by atoms with Crippen LogP contribution in [0.3, 0.4) is 0 Å². The minimum atomic E-state index is 0.0630. The van der Waals surface area contributed by atoms with Gasteiger partial charge in [0.1, 0.15) is 5.75 Å². The first-order valence-electron chi connectivity index (χ1n) is 6.58. The second kappa shape index (κ2) is 7.12. The number of nitrogens with zero attached hydrogens (tertiary/aromatic N) is 1. The quantitative estimate of drug-likeness (QED) is 0.357. The summed E-state index contributed by atoms with van der Waals surface area (Å²) in [5, 5.41) is 11.7. The zero-order valence-electron chi connectivity index (χ0n) is 11.5. The number of methoxy groups -OCH3 is 1. The van der Waals surface area contributed by atoms with Crippen molar-refractivity contribution in [3.05, 3.63) is 29.3 Å². The lowest BCUT2D eigenvalue weighted by Crippen LogP contribution is -2.15. The maximum atomic E-state index is 8.71. The Kier molecular flexibility index (Phi) is 5.20. The van der Waals surface area contributed by atoms with Gasteiger partial charge in [-0.2, -0.15) is 0 Å². The highest BCUT2D eigenvalue weighted by Gasteiger charge is 2.16. The summed E-state index contributed by atoms with van der Waals surface area (Å²) in [6.45, 7) is 1.78. The van der Waals surface area contributed by atoms with Crippen LogP contribution in [0, 0.1) is 0 Å². The summed E-state index contributed by atoms with van der Waals surface area (Å²) in [6, 6.07) is 5.30. The van der Waals surface area contributed by atoms with Crippen LogP contribution in [0.4, 0.5) is 0 Å². The molecule has 1 fully saturated rings. The van der Waals surface area contributed by atoms with Crippen molar-refractivity contribution in [1.82, 2.24) is 0 Å². The number of nitrogens with two attached hydrogens (primary N) is 1. The Morgan fingerprint density at radius 2 is 2.40 bits per heavy atom. The third-order valence-electron chi connectivity index (χ3n) is 3.27. The monoisotopic (exact) mass is 280 g/mol. The lowest BCUT2D eigenvalue weighted by atomic mass is 10.1. The molecule has 3 N–H and O–H groups in total. The molecule has 1 aliphatic rings. The molecule has 1 atom stereocenters. The van der Waals surface area contributed by atoms with Crippen LogP contribution in [0.2, 0.25) is 0 Å². The van der Waals surface area contributed by atoms with Crippen LogP contribution in [0.5, 0.6) is 5.75 Å².